The number of benzene rings is 1. The largest absolute Gasteiger partial charge is 0.377 e. The van der Waals surface area contributed by atoms with Gasteiger partial charge in [-0.2, -0.15) is 5.10 Å². The molecule has 2 atom stereocenters. The quantitative estimate of drug-likeness (QED) is 0.616. The van der Waals surface area contributed by atoms with E-state index in [1.54, 1.807) is 35.8 Å². The number of aromatic nitrogens is 2. The highest BCUT2D eigenvalue weighted by molar-refractivity contribution is 6.02. The number of amides is 2. The molecule has 0 saturated heterocycles. The van der Waals surface area contributed by atoms with Gasteiger partial charge in [-0.05, 0) is 49.9 Å². The van der Waals surface area contributed by atoms with Gasteiger partial charge in [-0.25, -0.2) is 8.91 Å². The highest BCUT2D eigenvalue weighted by Gasteiger charge is 2.39. The molecule has 150 valence electrons. The van der Waals surface area contributed by atoms with Crippen molar-refractivity contribution in [2.24, 2.45) is 11.5 Å². The molecule has 0 aliphatic heterocycles. The van der Waals surface area contributed by atoms with Gasteiger partial charge in [0.25, 0.3) is 5.91 Å². The number of nitrogens with zero attached hydrogens (tertiary/aromatic N) is 2. The Labute approximate surface area is 166 Å². The Morgan fingerprint density at radius 2 is 2.03 bits per heavy atom. The maximum atomic E-state index is 14.8. The molecule has 1 aliphatic carbocycles. The summed E-state index contributed by atoms with van der Waals surface area (Å²) in [6, 6.07) is 8.32. The molecule has 1 fully saturated rings. The van der Waals surface area contributed by atoms with E-state index in [0.717, 1.165) is 17.5 Å². The monoisotopic (exact) mass is 395 g/mol. The maximum Gasteiger partial charge on any atom is 0.252 e. The van der Waals surface area contributed by atoms with E-state index in [-0.39, 0.29) is 5.56 Å². The second kappa shape index (κ2) is 6.88. The van der Waals surface area contributed by atoms with E-state index in [9.17, 15) is 14.0 Å². The van der Waals surface area contributed by atoms with Crippen LogP contribution in [0.2, 0.25) is 0 Å². The Hall–Kier alpha value is -3.42. The standard InChI is InChI=1S/C21H22FN5O2/c1-21(22)7-3-6-17(21)26-18-15(20(24)29)10-25-27-11-14(9-16(18)27)12-4-2-5-13(8-12)19(23)28/h2,4-5,8-11,17,26H,3,6-7H2,1H3,(H2,23,28)(H2,24,29). The van der Waals surface area contributed by atoms with E-state index in [1.165, 1.54) is 6.20 Å². The van der Waals surface area contributed by atoms with Crippen molar-refractivity contribution in [3.05, 3.63) is 53.9 Å². The van der Waals surface area contributed by atoms with Crippen molar-refractivity contribution in [2.75, 3.05) is 5.32 Å². The highest BCUT2D eigenvalue weighted by Crippen LogP contribution is 2.37. The average molecular weight is 395 g/mol. The number of fused-ring (bicyclic) bond motifs is 1. The predicted molar refractivity (Wildman–Crippen MR) is 108 cm³/mol. The molecule has 2 heterocycles. The summed E-state index contributed by atoms with van der Waals surface area (Å²) in [5.74, 6) is -1.16. The number of carbonyl (C=O) groups excluding carboxylic acids is 2. The molecule has 1 saturated carbocycles. The van der Waals surface area contributed by atoms with Crippen LogP contribution in [0.25, 0.3) is 16.6 Å². The van der Waals surface area contributed by atoms with Crippen LogP contribution in [0.15, 0.2) is 42.7 Å². The van der Waals surface area contributed by atoms with Gasteiger partial charge in [0.15, 0.2) is 0 Å². The molecule has 8 heteroatoms. The summed E-state index contributed by atoms with van der Waals surface area (Å²) in [4.78, 5) is 23.5. The highest BCUT2D eigenvalue weighted by atomic mass is 19.1. The Balaban J connectivity index is 1.83. The van der Waals surface area contributed by atoms with Crippen LogP contribution in [0.1, 0.15) is 46.9 Å². The van der Waals surface area contributed by atoms with Crippen LogP contribution in [0.3, 0.4) is 0 Å². The van der Waals surface area contributed by atoms with E-state index in [4.69, 9.17) is 11.5 Å². The summed E-state index contributed by atoms with van der Waals surface area (Å²) < 4.78 is 16.4. The van der Waals surface area contributed by atoms with Gasteiger partial charge < -0.3 is 16.8 Å². The van der Waals surface area contributed by atoms with Gasteiger partial charge in [0, 0.05) is 17.3 Å². The average Bonchev–Trinajstić information content (AvgIpc) is 3.25. The van der Waals surface area contributed by atoms with Crippen molar-refractivity contribution >= 4 is 23.0 Å². The van der Waals surface area contributed by atoms with Gasteiger partial charge in [-0.3, -0.25) is 9.59 Å². The van der Waals surface area contributed by atoms with Crippen molar-refractivity contribution in [1.82, 2.24) is 9.61 Å². The van der Waals surface area contributed by atoms with Crippen molar-refractivity contribution in [1.29, 1.82) is 0 Å². The summed E-state index contributed by atoms with van der Waals surface area (Å²) in [5, 5.41) is 7.48. The molecule has 3 aromatic rings. The number of rotatable bonds is 5. The van der Waals surface area contributed by atoms with Crippen molar-refractivity contribution < 1.29 is 14.0 Å². The number of nitrogens with one attached hydrogen (secondary N) is 1. The van der Waals surface area contributed by atoms with Crippen molar-refractivity contribution in [2.45, 2.75) is 37.9 Å². The van der Waals surface area contributed by atoms with Crippen LogP contribution < -0.4 is 16.8 Å². The Kier molecular flexibility index (Phi) is 4.49. The van der Waals surface area contributed by atoms with Crippen LogP contribution in [-0.4, -0.2) is 33.1 Å². The Morgan fingerprint density at radius 3 is 2.69 bits per heavy atom. The van der Waals surface area contributed by atoms with Crippen LogP contribution >= 0.6 is 0 Å². The lowest BCUT2D eigenvalue weighted by molar-refractivity contribution is 0.0992. The number of alkyl halides is 1. The van der Waals surface area contributed by atoms with Gasteiger partial charge in [-0.15, -0.1) is 0 Å². The lowest BCUT2D eigenvalue weighted by Crippen LogP contribution is -2.36. The zero-order chi connectivity index (χ0) is 20.8. The third kappa shape index (κ3) is 3.41. The second-order valence-electron chi connectivity index (χ2n) is 7.67. The fourth-order valence-corrected chi connectivity index (χ4v) is 3.93. The molecule has 7 nitrogen and oxygen atoms in total. The van der Waals surface area contributed by atoms with Crippen molar-refractivity contribution in [3.8, 4) is 11.1 Å². The van der Waals surface area contributed by atoms with Crippen LogP contribution in [0, 0.1) is 0 Å². The number of primary amides is 2. The molecule has 2 unspecified atom stereocenters. The molecular formula is C21H22FN5O2. The van der Waals surface area contributed by atoms with Crippen LogP contribution in [-0.2, 0) is 0 Å². The van der Waals surface area contributed by atoms with Gasteiger partial charge in [-0.1, -0.05) is 12.1 Å². The first-order chi connectivity index (χ1) is 13.8. The molecular weight excluding hydrogens is 373 g/mol. The summed E-state index contributed by atoms with van der Waals surface area (Å²) >= 11 is 0. The Morgan fingerprint density at radius 1 is 1.24 bits per heavy atom. The third-order valence-corrected chi connectivity index (χ3v) is 5.59. The molecule has 2 amide bonds. The van der Waals surface area contributed by atoms with E-state index in [0.29, 0.717) is 29.6 Å². The number of hydrogen-bond acceptors (Lipinski definition) is 4. The molecule has 2 aromatic heterocycles. The van der Waals surface area contributed by atoms with E-state index in [1.807, 2.05) is 12.1 Å². The normalized spacial score (nSPS) is 21.4. The van der Waals surface area contributed by atoms with Gasteiger partial charge in [0.2, 0.25) is 5.91 Å². The molecule has 29 heavy (non-hydrogen) atoms. The lowest BCUT2D eigenvalue weighted by Gasteiger charge is -2.26. The molecule has 1 aromatic carbocycles. The molecule has 0 bridgehead atoms. The number of hydrogen-bond donors (Lipinski definition) is 3. The molecule has 1 aliphatic rings. The summed E-state index contributed by atoms with van der Waals surface area (Å²) in [5.41, 5.74) is 12.8. The topological polar surface area (TPSA) is 116 Å². The minimum atomic E-state index is -1.37. The molecule has 0 radical (unpaired) electrons. The maximum absolute atomic E-state index is 14.8. The minimum absolute atomic E-state index is 0.204. The second-order valence-corrected chi connectivity index (χ2v) is 7.67. The number of halogens is 1. The van der Waals surface area contributed by atoms with E-state index < -0.39 is 23.5 Å². The number of anilines is 1. The van der Waals surface area contributed by atoms with Crippen molar-refractivity contribution in [3.63, 3.8) is 0 Å². The first-order valence-electron chi connectivity index (χ1n) is 9.43. The lowest BCUT2D eigenvalue weighted by atomic mass is 10.0. The van der Waals surface area contributed by atoms with E-state index in [2.05, 4.69) is 10.4 Å². The molecule has 4 rings (SSSR count). The molecule has 5 N–H and O–H groups in total. The summed E-state index contributed by atoms with van der Waals surface area (Å²) in [6.07, 6.45) is 5.04. The van der Waals surface area contributed by atoms with Crippen LogP contribution in [0.5, 0.6) is 0 Å². The predicted octanol–water partition coefficient (Wildman–Crippen LogP) is 2.89. The SMILES string of the molecule is CC1(F)CCCC1Nc1c(C(N)=O)cnn2cc(-c3cccc(C(N)=O)c3)cc12. The van der Waals surface area contributed by atoms with Gasteiger partial charge in [0.1, 0.15) is 5.67 Å². The van der Waals surface area contributed by atoms with E-state index >= 15 is 0 Å². The van der Waals surface area contributed by atoms with Crippen LogP contribution in [0.4, 0.5) is 10.1 Å². The fraction of sp³-hybridized carbons (Fsp3) is 0.286. The number of nitrogens with two attached hydrogens (primary N) is 2. The first-order valence-corrected chi connectivity index (χ1v) is 9.43. The zero-order valence-corrected chi connectivity index (χ0v) is 16.0. The minimum Gasteiger partial charge on any atom is -0.377 e. The summed E-state index contributed by atoms with van der Waals surface area (Å²) in [6.45, 7) is 1.57. The first kappa shape index (κ1) is 18.9. The summed E-state index contributed by atoms with van der Waals surface area (Å²) in [7, 11) is 0. The zero-order valence-electron chi connectivity index (χ0n) is 16.0. The van der Waals surface area contributed by atoms with Gasteiger partial charge in [0.05, 0.1) is 29.0 Å². The van der Waals surface area contributed by atoms with Gasteiger partial charge >= 0.3 is 0 Å². The Bertz CT molecular complexity index is 1120. The molecule has 0 spiro atoms. The number of carbonyl (C=O) groups is 2. The smallest absolute Gasteiger partial charge is 0.252 e. The third-order valence-electron chi connectivity index (χ3n) is 5.59. The fourth-order valence-electron chi connectivity index (χ4n) is 3.93.